The summed E-state index contributed by atoms with van der Waals surface area (Å²) >= 11 is 0. The molecule has 1 amide bonds. The molecular formula is C20H17F3N4O. The molecule has 0 saturated carbocycles. The number of aryl methyl sites for hydroxylation is 2. The Morgan fingerprint density at radius 1 is 1.25 bits per heavy atom. The van der Waals surface area contributed by atoms with Gasteiger partial charge in [-0.3, -0.25) is 9.78 Å². The molecule has 1 N–H and O–H groups in total. The summed E-state index contributed by atoms with van der Waals surface area (Å²) in [6, 6.07) is 9.50. The van der Waals surface area contributed by atoms with E-state index in [-0.39, 0.29) is 17.6 Å². The lowest BCUT2D eigenvalue weighted by molar-refractivity contribution is -0.141. The largest absolute Gasteiger partial charge is 0.433 e. The fourth-order valence-corrected chi connectivity index (χ4v) is 3.37. The van der Waals surface area contributed by atoms with E-state index in [0.29, 0.717) is 18.4 Å². The zero-order valence-corrected chi connectivity index (χ0v) is 15.0. The Labute approximate surface area is 159 Å². The lowest BCUT2D eigenvalue weighted by Crippen LogP contribution is -2.27. The lowest BCUT2D eigenvalue weighted by atomic mass is 10.1. The molecule has 5 nitrogen and oxygen atoms in total. The molecule has 28 heavy (non-hydrogen) atoms. The Bertz CT molecular complexity index is 1040. The highest BCUT2D eigenvalue weighted by Crippen LogP contribution is 2.32. The maximum absolute atomic E-state index is 12.9. The molecule has 0 aliphatic heterocycles. The maximum Gasteiger partial charge on any atom is 0.433 e. The quantitative estimate of drug-likeness (QED) is 0.740. The van der Waals surface area contributed by atoms with Gasteiger partial charge in [-0.05, 0) is 44.0 Å². The third kappa shape index (κ3) is 3.49. The van der Waals surface area contributed by atoms with Crippen LogP contribution in [0.25, 0.3) is 5.69 Å². The zero-order valence-electron chi connectivity index (χ0n) is 15.0. The van der Waals surface area contributed by atoms with Gasteiger partial charge in [0, 0.05) is 23.5 Å². The number of nitrogens with zero attached hydrogens (tertiary/aromatic N) is 3. The number of fused-ring (bicyclic) bond motifs is 1. The van der Waals surface area contributed by atoms with Gasteiger partial charge in [-0.25, -0.2) is 4.68 Å². The third-order valence-corrected chi connectivity index (χ3v) is 4.75. The van der Waals surface area contributed by atoms with Gasteiger partial charge in [0.15, 0.2) is 0 Å². The monoisotopic (exact) mass is 386 g/mol. The number of aromatic nitrogens is 3. The third-order valence-electron chi connectivity index (χ3n) is 4.75. The van der Waals surface area contributed by atoms with Gasteiger partial charge in [0.1, 0.15) is 5.69 Å². The van der Waals surface area contributed by atoms with Gasteiger partial charge in [0.05, 0.1) is 17.4 Å². The Morgan fingerprint density at radius 3 is 2.82 bits per heavy atom. The van der Waals surface area contributed by atoms with Crippen LogP contribution in [-0.4, -0.2) is 20.7 Å². The number of benzene rings is 1. The van der Waals surface area contributed by atoms with Crippen molar-refractivity contribution in [3.05, 3.63) is 76.9 Å². The molecule has 0 radical (unpaired) electrons. The molecule has 1 atom stereocenters. The summed E-state index contributed by atoms with van der Waals surface area (Å²) in [5, 5.41) is 7.39. The highest BCUT2D eigenvalue weighted by molar-refractivity contribution is 5.94. The molecule has 0 unspecified atom stereocenters. The van der Waals surface area contributed by atoms with Crippen molar-refractivity contribution >= 4 is 5.91 Å². The van der Waals surface area contributed by atoms with Crippen molar-refractivity contribution in [2.75, 3.05) is 0 Å². The summed E-state index contributed by atoms with van der Waals surface area (Å²) in [5.41, 5.74) is 2.48. The van der Waals surface area contributed by atoms with E-state index in [1.807, 2.05) is 25.1 Å². The van der Waals surface area contributed by atoms with Crippen LogP contribution in [0.2, 0.25) is 0 Å². The predicted molar refractivity (Wildman–Crippen MR) is 96.1 cm³/mol. The second-order valence-corrected chi connectivity index (χ2v) is 6.81. The number of rotatable bonds is 3. The van der Waals surface area contributed by atoms with Gasteiger partial charge in [0.2, 0.25) is 0 Å². The van der Waals surface area contributed by atoms with Crippen LogP contribution in [0.3, 0.4) is 0 Å². The van der Waals surface area contributed by atoms with Crippen molar-refractivity contribution in [2.24, 2.45) is 0 Å². The molecule has 1 aliphatic carbocycles. The fraction of sp³-hybridized carbons (Fsp3) is 0.250. The average molecular weight is 386 g/mol. The first-order chi connectivity index (χ1) is 13.3. The predicted octanol–water partition coefficient (Wildman–Crippen LogP) is 4.01. The normalized spacial score (nSPS) is 16.1. The highest BCUT2D eigenvalue weighted by Gasteiger charge is 2.33. The Balaban J connectivity index is 1.57. The summed E-state index contributed by atoms with van der Waals surface area (Å²) in [4.78, 5) is 15.9. The van der Waals surface area contributed by atoms with E-state index >= 15 is 0 Å². The molecular weight excluding hydrogens is 369 g/mol. The first-order valence-electron chi connectivity index (χ1n) is 8.81. The van der Waals surface area contributed by atoms with Crippen molar-refractivity contribution in [3.63, 3.8) is 0 Å². The summed E-state index contributed by atoms with van der Waals surface area (Å²) in [7, 11) is 0. The molecule has 144 valence electrons. The first kappa shape index (κ1) is 18.2. The van der Waals surface area contributed by atoms with Crippen LogP contribution in [-0.2, 0) is 12.6 Å². The van der Waals surface area contributed by atoms with Crippen molar-refractivity contribution < 1.29 is 18.0 Å². The molecule has 2 aromatic heterocycles. The topological polar surface area (TPSA) is 59.8 Å². The van der Waals surface area contributed by atoms with Crippen LogP contribution in [0.1, 0.15) is 45.3 Å². The van der Waals surface area contributed by atoms with Crippen molar-refractivity contribution in [1.29, 1.82) is 0 Å². The lowest BCUT2D eigenvalue weighted by Gasteiger charge is -2.13. The standard InChI is InChI=1S/C20H17F3N4O/c1-12-3-2-4-13(9-12)19(28)25-16-5-6-17-15(16)11-27(26-17)14-7-8-24-18(10-14)20(21,22)23/h2-4,7-11,16H,5-6H2,1H3,(H,25,28)/t16-/m1/s1. The minimum absolute atomic E-state index is 0.183. The van der Waals surface area contributed by atoms with E-state index in [2.05, 4.69) is 15.4 Å². The van der Waals surface area contributed by atoms with Crippen LogP contribution in [0.4, 0.5) is 13.2 Å². The number of carbonyl (C=O) groups excluding carboxylic acids is 1. The minimum Gasteiger partial charge on any atom is -0.345 e. The molecule has 3 aromatic rings. The average Bonchev–Trinajstić information content (AvgIpc) is 3.23. The number of carbonyl (C=O) groups is 1. The summed E-state index contributed by atoms with van der Waals surface area (Å²) in [6.07, 6.45) is -0.365. The molecule has 4 rings (SSSR count). The number of hydrogen-bond donors (Lipinski definition) is 1. The van der Waals surface area contributed by atoms with Gasteiger partial charge >= 0.3 is 6.18 Å². The van der Waals surface area contributed by atoms with E-state index in [1.165, 1.54) is 10.7 Å². The number of pyridine rings is 1. The van der Waals surface area contributed by atoms with Crippen molar-refractivity contribution in [1.82, 2.24) is 20.1 Å². The minimum atomic E-state index is -4.52. The smallest absolute Gasteiger partial charge is 0.345 e. The van der Waals surface area contributed by atoms with E-state index in [1.54, 1.807) is 12.3 Å². The number of amides is 1. The van der Waals surface area contributed by atoms with E-state index in [4.69, 9.17) is 0 Å². The van der Waals surface area contributed by atoms with Crippen molar-refractivity contribution in [3.8, 4) is 5.69 Å². The number of nitrogens with one attached hydrogen (secondary N) is 1. The van der Waals surface area contributed by atoms with Gasteiger partial charge < -0.3 is 5.32 Å². The Hall–Kier alpha value is -3.16. The second kappa shape index (κ2) is 6.78. The SMILES string of the molecule is Cc1cccc(C(=O)N[C@@H]2CCc3nn(-c4ccnc(C(F)(F)F)c4)cc32)c1. The Kier molecular flexibility index (Phi) is 4.41. The van der Waals surface area contributed by atoms with Crippen LogP contribution >= 0.6 is 0 Å². The van der Waals surface area contributed by atoms with Crippen LogP contribution in [0.5, 0.6) is 0 Å². The van der Waals surface area contributed by atoms with E-state index < -0.39 is 11.9 Å². The molecule has 2 heterocycles. The van der Waals surface area contributed by atoms with E-state index in [0.717, 1.165) is 29.1 Å². The molecule has 0 fully saturated rings. The van der Waals surface area contributed by atoms with Crippen LogP contribution < -0.4 is 5.32 Å². The number of alkyl halides is 3. The molecule has 1 aromatic carbocycles. The number of hydrogen-bond acceptors (Lipinski definition) is 3. The fourth-order valence-electron chi connectivity index (χ4n) is 3.37. The summed E-state index contributed by atoms with van der Waals surface area (Å²) < 4.78 is 40.1. The first-order valence-corrected chi connectivity index (χ1v) is 8.81. The van der Waals surface area contributed by atoms with Crippen molar-refractivity contribution in [2.45, 2.75) is 32.0 Å². The van der Waals surface area contributed by atoms with Gasteiger partial charge in [-0.15, -0.1) is 0 Å². The maximum atomic E-state index is 12.9. The van der Waals surface area contributed by atoms with Gasteiger partial charge in [-0.2, -0.15) is 18.3 Å². The number of halogens is 3. The summed E-state index contributed by atoms with van der Waals surface area (Å²) in [5.74, 6) is -0.183. The Morgan fingerprint density at radius 2 is 2.07 bits per heavy atom. The summed E-state index contributed by atoms with van der Waals surface area (Å²) in [6.45, 7) is 1.92. The molecule has 0 spiro atoms. The van der Waals surface area contributed by atoms with Crippen LogP contribution in [0.15, 0.2) is 48.8 Å². The zero-order chi connectivity index (χ0) is 19.9. The molecule has 1 aliphatic rings. The van der Waals surface area contributed by atoms with E-state index in [9.17, 15) is 18.0 Å². The highest BCUT2D eigenvalue weighted by atomic mass is 19.4. The van der Waals surface area contributed by atoms with Crippen LogP contribution in [0, 0.1) is 6.92 Å². The second-order valence-electron chi connectivity index (χ2n) is 6.81. The molecule has 8 heteroatoms. The van der Waals surface area contributed by atoms with Gasteiger partial charge in [-0.1, -0.05) is 17.7 Å². The van der Waals surface area contributed by atoms with Gasteiger partial charge in [0.25, 0.3) is 5.91 Å². The molecule has 0 bridgehead atoms. The molecule has 0 saturated heterocycles.